The maximum absolute atomic E-state index is 10.4. The van der Waals surface area contributed by atoms with Gasteiger partial charge in [-0.2, -0.15) is 0 Å². The Balaban J connectivity index is 1.43. The van der Waals surface area contributed by atoms with Crippen LogP contribution in [0, 0.1) is 53.3 Å². The zero-order valence-electron chi connectivity index (χ0n) is 29.0. The molecular weight excluding hydrogens is 584 g/mol. The summed E-state index contributed by atoms with van der Waals surface area (Å²) in [7, 11) is 0. The average Bonchev–Trinajstić information content (AvgIpc) is 3.03. The fourth-order valence-electron chi connectivity index (χ4n) is 7.76. The Morgan fingerprint density at radius 1 is 0.356 bits per heavy atom. The Labute approximate surface area is 270 Å². The molecule has 4 N–H and O–H groups in total. The number of hydrogen-bond donors (Lipinski definition) is 4. The fraction of sp³-hybridized carbons (Fsp3) is 1.00. The van der Waals surface area contributed by atoms with Crippen LogP contribution in [0.3, 0.4) is 0 Å². The van der Waals surface area contributed by atoms with E-state index in [-0.39, 0.29) is 98.0 Å². The van der Waals surface area contributed by atoms with Crippen LogP contribution in [0.5, 0.6) is 0 Å². The predicted octanol–water partition coefficient (Wildman–Crippen LogP) is 2.80. The molecule has 0 saturated carbocycles. The molecule has 0 spiro atoms. The topological polar surface area (TPSA) is 146 Å². The Morgan fingerprint density at radius 3 is 1.04 bits per heavy atom. The minimum Gasteiger partial charge on any atom is -0.394 e. The van der Waals surface area contributed by atoms with Crippen LogP contribution >= 0.6 is 0 Å². The highest BCUT2D eigenvalue weighted by atomic mass is 16.7. The normalized spacial score (nSPS) is 52.9. The van der Waals surface area contributed by atoms with Crippen molar-refractivity contribution >= 4 is 0 Å². The van der Waals surface area contributed by atoms with Crippen molar-refractivity contribution in [3.8, 4) is 0 Å². The van der Waals surface area contributed by atoms with Gasteiger partial charge in [0.25, 0.3) is 0 Å². The smallest absolute Gasteiger partial charge is 0.161 e. The van der Waals surface area contributed by atoms with Crippen molar-refractivity contribution in [3.63, 3.8) is 0 Å². The molecule has 0 aromatic rings. The summed E-state index contributed by atoms with van der Waals surface area (Å²) in [5.74, 6) is 0.669. The molecule has 11 nitrogen and oxygen atoms in total. The third kappa shape index (κ3) is 7.59. The van der Waals surface area contributed by atoms with E-state index in [0.29, 0.717) is 0 Å². The van der Waals surface area contributed by atoms with E-state index in [0.717, 1.165) is 0 Å². The molecule has 0 aliphatic carbocycles. The lowest BCUT2D eigenvalue weighted by atomic mass is 9.78. The van der Waals surface area contributed by atoms with Gasteiger partial charge in [0, 0.05) is 17.8 Å². The van der Waals surface area contributed by atoms with E-state index in [4.69, 9.17) is 33.2 Å². The van der Waals surface area contributed by atoms with E-state index in [1.807, 2.05) is 13.8 Å². The minimum absolute atomic E-state index is 0.0134. The second-order valence-electron chi connectivity index (χ2n) is 14.8. The first-order valence-corrected chi connectivity index (χ1v) is 17.3. The van der Waals surface area contributed by atoms with Gasteiger partial charge in [-0.1, -0.05) is 62.3 Å². The first kappa shape index (κ1) is 37.4. The van der Waals surface area contributed by atoms with Gasteiger partial charge in [0.05, 0.1) is 56.9 Å². The highest BCUT2D eigenvalue weighted by Crippen LogP contribution is 2.43. The van der Waals surface area contributed by atoms with Gasteiger partial charge in [-0.15, -0.1) is 0 Å². The van der Waals surface area contributed by atoms with Gasteiger partial charge >= 0.3 is 0 Å². The SMILES string of the molecule is CC1[C@@H](O[C@@H]2C(CO)O[C@H](O[C@@H]3C(CO)O[C@H](O[C@@H]4C(CO)O[C@@H](C)C(C)[C@H]4C)C(C)[C@H]3C)C(C)[C@H]2C)OC(CO)[C@@H](C)[C@@H]1C. The summed E-state index contributed by atoms with van der Waals surface area (Å²) >= 11 is 0. The molecule has 0 amide bonds. The van der Waals surface area contributed by atoms with Crippen molar-refractivity contribution in [3.05, 3.63) is 0 Å². The van der Waals surface area contributed by atoms with Crippen LogP contribution < -0.4 is 0 Å². The van der Waals surface area contributed by atoms with Crippen LogP contribution in [0.2, 0.25) is 0 Å². The summed E-state index contributed by atoms with van der Waals surface area (Å²) < 4.78 is 44.7. The van der Waals surface area contributed by atoms with Crippen molar-refractivity contribution in [1.29, 1.82) is 0 Å². The monoisotopic (exact) mass is 646 g/mol. The van der Waals surface area contributed by atoms with E-state index >= 15 is 0 Å². The van der Waals surface area contributed by atoms with E-state index in [2.05, 4.69) is 55.4 Å². The Morgan fingerprint density at radius 2 is 0.667 bits per heavy atom. The summed E-state index contributed by atoms with van der Waals surface area (Å²) in [6, 6.07) is 0. The van der Waals surface area contributed by atoms with E-state index in [9.17, 15) is 20.4 Å². The van der Waals surface area contributed by atoms with E-state index in [1.165, 1.54) is 0 Å². The van der Waals surface area contributed by atoms with Crippen LogP contribution in [0.15, 0.2) is 0 Å². The number of aliphatic hydroxyl groups is 4. The molecule has 20 atom stereocenters. The molecule has 0 aromatic heterocycles. The van der Waals surface area contributed by atoms with Crippen LogP contribution in [0.1, 0.15) is 69.2 Å². The summed E-state index contributed by atoms with van der Waals surface area (Å²) in [6.45, 7) is 20.1. The fourth-order valence-corrected chi connectivity index (χ4v) is 7.76. The largest absolute Gasteiger partial charge is 0.394 e. The van der Waals surface area contributed by atoms with Gasteiger partial charge in [-0.25, -0.2) is 0 Å². The minimum atomic E-state index is -0.659. The number of rotatable bonds is 10. The number of aliphatic hydroxyl groups excluding tert-OH is 4. The first-order valence-electron chi connectivity index (χ1n) is 17.3. The molecule has 4 saturated heterocycles. The van der Waals surface area contributed by atoms with Gasteiger partial charge < -0.3 is 53.6 Å². The highest BCUT2D eigenvalue weighted by Gasteiger charge is 2.51. The third-order valence-corrected chi connectivity index (χ3v) is 12.3. The second kappa shape index (κ2) is 15.8. The summed E-state index contributed by atoms with van der Waals surface area (Å²) in [6.07, 6.45) is -5.12. The molecule has 4 rings (SSSR count). The van der Waals surface area contributed by atoms with Crippen LogP contribution in [0.4, 0.5) is 0 Å². The van der Waals surface area contributed by atoms with Gasteiger partial charge in [-0.05, 0) is 42.4 Å². The number of hydrogen-bond acceptors (Lipinski definition) is 11. The summed E-state index contributed by atoms with van der Waals surface area (Å²) in [5.41, 5.74) is 0. The van der Waals surface area contributed by atoms with Crippen LogP contribution in [0.25, 0.3) is 0 Å². The van der Waals surface area contributed by atoms with Gasteiger partial charge in [0.1, 0.15) is 18.3 Å². The molecule has 4 aliphatic rings. The predicted molar refractivity (Wildman–Crippen MR) is 166 cm³/mol. The van der Waals surface area contributed by atoms with E-state index < -0.39 is 49.4 Å². The summed E-state index contributed by atoms with van der Waals surface area (Å²) in [5, 5.41) is 40.8. The molecule has 8 unspecified atom stereocenters. The van der Waals surface area contributed by atoms with Crippen molar-refractivity contribution in [2.75, 3.05) is 26.4 Å². The molecular formula is C34H62O11. The van der Waals surface area contributed by atoms with Gasteiger partial charge in [-0.3, -0.25) is 0 Å². The molecule has 4 aliphatic heterocycles. The average molecular weight is 647 g/mol. The quantitative estimate of drug-likeness (QED) is 0.278. The Hall–Kier alpha value is -0.440. The van der Waals surface area contributed by atoms with Crippen LogP contribution in [-0.2, 0) is 33.2 Å². The maximum atomic E-state index is 10.4. The molecule has 45 heavy (non-hydrogen) atoms. The van der Waals surface area contributed by atoms with Crippen LogP contribution in [-0.4, -0.2) is 115 Å². The summed E-state index contributed by atoms with van der Waals surface area (Å²) in [4.78, 5) is 0. The molecule has 0 radical (unpaired) electrons. The Kier molecular flexibility index (Phi) is 13.2. The van der Waals surface area contributed by atoms with Crippen molar-refractivity contribution in [2.24, 2.45) is 53.3 Å². The van der Waals surface area contributed by atoms with Crippen molar-refractivity contribution in [2.45, 2.75) is 137 Å². The lowest BCUT2D eigenvalue weighted by molar-refractivity contribution is -0.359. The lowest BCUT2D eigenvalue weighted by Gasteiger charge is -2.51. The molecule has 264 valence electrons. The van der Waals surface area contributed by atoms with E-state index in [1.54, 1.807) is 0 Å². The zero-order chi connectivity index (χ0) is 33.3. The standard InChI is InChI=1S/C34H62O11/c1-15-17(3)25(11-35)40-32(21(15)7)44-30-19(5)23(9)34(42-27(30)13-37)45-31-20(6)22(8)33(41-28(31)14-38)43-29-18(4)16(2)24(10)39-26(29)12-36/h15-38H,11-14H2,1-10H3/t15-,16?,17-,18+,19+,20+,21?,22?,23?,24-,25?,26?,27?,28?,29-,30-,31-,32+,33+,34+/m0/s1. The third-order valence-electron chi connectivity index (χ3n) is 12.3. The van der Waals surface area contributed by atoms with Crippen molar-refractivity contribution < 1.29 is 53.6 Å². The molecule has 0 bridgehead atoms. The molecule has 11 heteroatoms. The highest BCUT2D eigenvalue weighted by molar-refractivity contribution is 4.93. The van der Waals surface area contributed by atoms with Gasteiger partial charge in [0.15, 0.2) is 18.9 Å². The maximum Gasteiger partial charge on any atom is 0.161 e. The van der Waals surface area contributed by atoms with Crippen molar-refractivity contribution in [1.82, 2.24) is 0 Å². The number of ether oxygens (including phenoxy) is 7. The molecule has 4 heterocycles. The second-order valence-corrected chi connectivity index (χ2v) is 14.8. The Bertz CT molecular complexity index is 901. The molecule has 0 aromatic carbocycles. The zero-order valence-corrected chi connectivity index (χ0v) is 29.0. The lowest BCUT2D eigenvalue weighted by Crippen LogP contribution is -2.60. The first-order chi connectivity index (χ1) is 21.3. The van der Waals surface area contributed by atoms with Gasteiger partial charge in [0.2, 0.25) is 0 Å². The molecule has 4 fully saturated rings.